The average Bonchev–Trinajstić information content (AvgIpc) is 3.46. The van der Waals surface area contributed by atoms with Gasteiger partial charge in [0, 0.05) is 16.7 Å². The van der Waals surface area contributed by atoms with Gasteiger partial charge >= 0.3 is 24.4 Å². The smallest absolute Gasteiger partial charge is 0.417 e. The SMILES string of the molecule is COC(=O)[C@@H](OC(C)(C)C)c1c(-c2cc(F)c3c(c2C)CCCO3)c(C(F)(F)F)c2c(c1C(F)(F)F)CN(C(=O)OCc1ccccc1)C2. The highest BCUT2D eigenvalue weighted by molar-refractivity contribution is 5.87. The first-order chi connectivity index (χ1) is 22.8. The van der Waals surface area contributed by atoms with Crippen molar-refractivity contribution in [3.63, 3.8) is 0 Å². The van der Waals surface area contributed by atoms with E-state index in [1.165, 1.54) is 27.7 Å². The summed E-state index contributed by atoms with van der Waals surface area (Å²) in [6.45, 7) is 3.58. The Balaban J connectivity index is 1.86. The first-order valence-corrected chi connectivity index (χ1v) is 15.4. The number of carbonyl (C=O) groups is 2. The van der Waals surface area contributed by atoms with E-state index in [0.717, 1.165) is 12.0 Å². The van der Waals surface area contributed by atoms with Crippen LogP contribution in [0.3, 0.4) is 0 Å². The van der Waals surface area contributed by atoms with Crippen LogP contribution in [-0.2, 0) is 57.5 Å². The van der Waals surface area contributed by atoms with Gasteiger partial charge in [-0.2, -0.15) is 26.3 Å². The molecule has 0 bridgehead atoms. The van der Waals surface area contributed by atoms with Crippen LogP contribution in [-0.4, -0.2) is 36.3 Å². The number of benzene rings is 3. The Morgan fingerprint density at radius 1 is 0.939 bits per heavy atom. The Bertz CT molecular complexity index is 1760. The lowest BCUT2D eigenvalue weighted by Gasteiger charge is -2.33. The molecule has 0 N–H and O–H groups in total. The molecule has 264 valence electrons. The lowest BCUT2D eigenvalue weighted by Crippen LogP contribution is -2.32. The number of esters is 1. The topological polar surface area (TPSA) is 74.3 Å². The molecule has 0 radical (unpaired) electrons. The Morgan fingerprint density at radius 3 is 2.12 bits per heavy atom. The van der Waals surface area contributed by atoms with Gasteiger partial charge in [0.2, 0.25) is 0 Å². The van der Waals surface area contributed by atoms with Gasteiger partial charge in [0.25, 0.3) is 0 Å². The molecule has 14 heteroatoms. The van der Waals surface area contributed by atoms with Crippen molar-refractivity contribution in [3.05, 3.63) is 86.7 Å². The molecule has 0 aromatic heterocycles. The first kappa shape index (κ1) is 36.0. The van der Waals surface area contributed by atoms with Crippen molar-refractivity contribution in [2.45, 2.75) is 84.3 Å². The van der Waals surface area contributed by atoms with Crippen LogP contribution in [0.1, 0.15) is 77.8 Å². The fraction of sp³-hybridized carbons (Fsp3) is 0.429. The summed E-state index contributed by atoms with van der Waals surface area (Å²) < 4.78 is 130. The molecule has 2 aliphatic heterocycles. The van der Waals surface area contributed by atoms with Crippen molar-refractivity contribution in [2.24, 2.45) is 0 Å². The van der Waals surface area contributed by atoms with Crippen LogP contribution in [0.2, 0.25) is 0 Å². The van der Waals surface area contributed by atoms with E-state index in [9.17, 15) is 9.59 Å². The second-order valence-corrected chi connectivity index (χ2v) is 12.8. The zero-order valence-corrected chi connectivity index (χ0v) is 27.3. The third-order valence-electron chi connectivity index (χ3n) is 8.34. The van der Waals surface area contributed by atoms with E-state index in [0.29, 0.717) is 18.1 Å². The van der Waals surface area contributed by atoms with Gasteiger partial charge in [0.05, 0.1) is 43.5 Å². The van der Waals surface area contributed by atoms with Crippen LogP contribution in [0, 0.1) is 12.7 Å². The van der Waals surface area contributed by atoms with Gasteiger partial charge in [0.15, 0.2) is 17.7 Å². The zero-order chi connectivity index (χ0) is 36.1. The van der Waals surface area contributed by atoms with Gasteiger partial charge < -0.3 is 18.9 Å². The molecular weight excluding hydrogens is 663 g/mol. The number of carbonyl (C=O) groups excluding carboxylic acids is 2. The number of alkyl halides is 6. The van der Waals surface area contributed by atoms with Gasteiger partial charge in [0.1, 0.15) is 6.61 Å². The average molecular weight is 698 g/mol. The van der Waals surface area contributed by atoms with Crippen LogP contribution >= 0.6 is 0 Å². The number of hydrogen-bond donors (Lipinski definition) is 0. The van der Waals surface area contributed by atoms with E-state index in [4.69, 9.17) is 18.9 Å². The minimum absolute atomic E-state index is 0.0347. The Kier molecular flexibility index (Phi) is 9.67. The van der Waals surface area contributed by atoms with Crippen molar-refractivity contribution in [3.8, 4) is 16.9 Å². The number of fused-ring (bicyclic) bond motifs is 2. The fourth-order valence-electron chi connectivity index (χ4n) is 6.38. The van der Waals surface area contributed by atoms with Gasteiger partial charge in [-0.25, -0.2) is 14.0 Å². The second-order valence-electron chi connectivity index (χ2n) is 12.8. The van der Waals surface area contributed by atoms with Crippen LogP contribution in [0.15, 0.2) is 36.4 Å². The van der Waals surface area contributed by atoms with Gasteiger partial charge in [-0.3, -0.25) is 4.90 Å². The summed E-state index contributed by atoms with van der Waals surface area (Å²) in [5, 5.41) is 0. The highest BCUT2D eigenvalue weighted by atomic mass is 19.4. The quantitative estimate of drug-likeness (QED) is 0.189. The Morgan fingerprint density at radius 2 is 1.55 bits per heavy atom. The van der Waals surface area contributed by atoms with Crippen LogP contribution in [0.5, 0.6) is 5.75 Å². The van der Waals surface area contributed by atoms with Gasteiger partial charge in [-0.15, -0.1) is 0 Å². The summed E-state index contributed by atoms with van der Waals surface area (Å²) in [5.74, 6) is -2.70. The maximum Gasteiger partial charge on any atom is 0.417 e. The highest BCUT2D eigenvalue weighted by Gasteiger charge is 2.51. The van der Waals surface area contributed by atoms with Crippen LogP contribution in [0.4, 0.5) is 35.5 Å². The predicted molar refractivity (Wildman–Crippen MR) is 162 cm³/mol. The Hall–Kier alpha value is -4.33. The number of nitrogens with zero attached hydrogens (tertiary/aromatic N) is 1. The van der Waals surface area contributed by atoms with E-state index >= 15 is 30.7 Å². The number of halogens is 7. The van der Waals surface area contributed by atoms with Crippen LogP contribution < -0.4 is 4.74 Å². The molecule has 0 spiro atoms. The number of rotatable bonds is 6. The molecule has 0 unspecified atom stereocenters. The van der Waals surface area contributed by atoms with Crippen molar-refractivity contribution in [1.82, 2.24) is 4.90 Å². The van der Waals surface area contributed by atoms with Crippen molar-refractivity contribution < 1.29 is 59.3 Å². The number of hydrogen-bond acceptors (Lipinski definition) is 6. The molecule has 3 aromatic rings. The van der Waals surface area contributed by atoms with E-state index < -0.39 is 94.0 Å². The summed E-state index contributed by atoms with van der Waals surface area (Å²) in [7, 11) is 0.859. The summed E-state index contributed by atoms with van der Waals surface area (Å²) in [6.07, 6.45) is -13.7. The predicted octanol–water partition coefficient (Wildman–Crippen LogP) is 8.85. The fourth-order valence-corrected chi connectivity index (χ4v) is 6.38. The Labute approximate surface area is 277 Å². The highest BCUT2D eigenvalue weighted by Crippen LogP contribution is 2.54. The summed E-state index contributed by atoms with van der Waals surface area (Å²) in [6, 6.07) is 8.98. The maximum atomic E-state index is 15.6. The molecule has 7 nitrogen and oxygen atoms in total. The van der Waals surface area contributed by atoms with E-state index in [1.54, 1.807) is 30.3 Å². The van der Waals surface area contributed by atoms with Crippen molar-refractivity contribution in [2.75, 3.05) is 13.7 Å². The molecule has 0 fully saturated rings. The zero-order valence-electron chi connectivity index (χ0n) is 27.3. The van der Waals surface area contributed by atoms with Gasteiger partial charge in [-0.05, 0) is 74.4 Å². The van der Waals surface area contributed by atoms with E-state index in [-0.39, 0.29) is 36.5 Å². The standard InChI is InChI=1S/C35H34F7NO6/c1-18-20-12-9-13-47-29(20)24(36)14-21(18)25-26(30(31(44)46-5)49-33(2,3)4)28(35(40,41)42)23-16-43(15-22(23)27(25)34(37,38)39)32(45)48-17-19-10-7-6-8-11-19/h6-8,10-11,14,30H,9,12-13,15-17H2,1-5H3/t30-/m0/s1. The monoisotopic (exact) mass is 697 g/mol. The molecular formula is C35H34F7NO6. The van der Waals surface area contributed by atoms with Gasteiger partial charge in [-0.1, -0.05) is 30.3 Å². The second kappa shape index (κ2) is 13.2. The molecule has 0 saturated carbocycles. The van der Waals surface area contributed by atoms with Crippen LogP contribution in [0.25, 0.3) is 11.1 Å². The molecule has 3 aromatic carbocycles. The van der Waals surface area contributed by atoms with E-state index in [1.807, 2.05) is 0 Å². The first-order valence-electron chi connectivity index (χ1n) is 15.4. The molecule has 2 aliphatic rings. The molecule has 1 amide bonds. The number of ether oxygens (including phenoxy) is 4. The van der Waals surface area contributed by atoms with E-state index in [2.05, 4.69) is 0 Å². The normalized spacial score (nSPS) is 15.3. The molecule has 49 heavy (non-hydrogen) atoms. The molecule has 1 atom stereocenters. The number of amides is 1. The summed E-state index contributed by atoms with van der Waals surface area (Å²) in [4.78, 5) is 27.2. The molecule has 0 saturated heterocycles. The minimum Gasteiger partial charge on any atom is -0.490 e. The summed E-state index contributed by atoms with van der Waals surface area (Å²) in [5.41, 5.74) is -8.36. The molecule has 2 heterocycles. The third kappa shape index (κ3) is 7.19. The largest absolute Gasteiger partial charge is 0.490 e. The maximum absolute atomic E-state index is 15.6. The molecule has 5 rings (SSSR count). The summed E-state index contributed by atoms with van der Waals surface area (Å²) >= 11 is 0. The number of methoxy groups -OCH3 is 1. The van der Waals surface area contributed by atoms with Crippen molar-refractivity contribution in [1.29, 1.82) is 0 Å². The molecule has 0 aliphatic carbocycles. The third-order valence-corrected chi connectivity index (χ3v) is 8.34. The minimum atomic E-state index is -5.39. The lowest BCUT2D eigenvalue weighted by molar-refractivity contribution is -0.166. The lowest BCUT2D eigenvalue weighted by atomic mass is 9.79. The van der Waals surface area contributed by atoms with Crippen molar-refractivity contribution >= 4 is 12.1 Å².